The summed E-state index contributed by atoms with van der Waals surface area (Å²) in [6.45, 7) is 4.83. The molecule has 0 aromatic heterocycles. The van der Waals surface area contributed by atoms with Crippen molar-refractivity contribution < 1.29 is 0 Å². The van der Waals surface area contributed by atoms with Crippen LogP contribution < -0.4 is 5.32 Å². The highest BCUT2D eigenvalue weighted by molar-refractivity contribution is 5.27. The highest BCUT2D eigenvalue weighted by atomic mass is 15.2. The van der Waals surface area contributed by atoms with Gasteiger partial charge in [-0.25, -0.2) is 0 Å². The molecule has 1 aliphatic carbocycles. The maximum absolute atomic E-state index is 3.72. The number of hydrogen-bond acceptors (Lipinski definition) is 3. The Bertz CT molecular complexity index is 418. The average Bonchev–Trinajstić information content (AvgIpc) is 3.07. The lowest BCUT2D eigenvalue weighted by atomic mass is 10.1. The van der Waals surface area contributed by atoms with Crippen molar-refractivity contribution in [2.24, 2.45) is 0 Å². The van der Waals surface area contributed by atoms with Gasteiger partial charge in [0.15, 0.2) is 0 Å². The quantitative estimate of drug-likeness (QED) is 0.852. The second kappa shape index (κ2) is 6.25. The summed E-state index contributed by atoms with van der Waals surface area (Å²) in [5.74, 6) is 0.754. The molecule has 1 aromatic rings. The second-order valence-corrected chi connectivity index (χ2v) is 6.52. The normalized spacial score (nSPS) is 30.1. The van der Waals surface area contributed by atoms with E-state index in [0.29, 0.717) is 6.04 Å². The van der Waals surface area contributed by atoms with Gasteiger partial charge in [0.1, 0.15) is 0 Å². The molecule has 0 spiro atoms. The van der Waals surface area contributed by atoms with Crippen molar-refractivity contribution in [2.75, 3.05) is 40.3 Å². The first-order valence-electron chi connectivity index (χ1n) is 7.91. The van der Waals surface area contributed by atoms with Crippen LogP contribution in [0.2, 0.25) is 0 Å². The van der Waals surface area contributed by atoms with Crippen LogP contribution in [-0.4, -0.2) is 62.2 Å². The van der Waals surface area contributed by atoms with Gasteiger partial charge in [-0.15, -0.1) is 0 Å². The summed E-state index contributed by atoms with van der Waals surface area (Å²) in [6, 6.07) is 12.4. The van der Waals surface area contributed by atoms with E-state index in [9.17, 15) is 0 Å². The Kier molecular flexibility index (Phi) is 4.39. The fourth-order valence-electron chi connectivity index (χ4n) is 3.33. The van der Waals surface area contributed by atoms with Crippen LogP contribution >= 0.6 is 0 Å². The molecule has 1 aromatic carbocycles. The third-order valence-corrected chi connectivity index (χ3v) is 4.83. The van der Waals surface area contributed by atoms with Gasteiger partial charge in [0, 0.05) is 37.6 Å². The molecule has 3 heteroatoms. The summed E-state index contributed by atoms with van der Waals surface area (Å²) in [5, 5.41) is 3.72. The van der Waals surface area contributed by atoms with E-state index in [0.717, 1.165) is 18.5 Å². The zero-order valence-electron chi connectivity index (χ0n) is 12.8. The third kappa shape index (κ3) is 3.40. The molecule has 3 atom stereocenters. The van der Waals surface area contributed by atoms with E-state index in [4.69, 9.17) is 0 Å². The summed E-state index contributed by atoms with van der Waals surface area (Å²) >= 11 is 0. The molecule has 1 N–H and O–H groups in total. The van der Waals surface area contributed by atoms with Crippen molar-refractivity contribution >= 4 is 0 Å². The Labute approximate surface area is 123 Å². The van der Waals surface area contributed by atoms with Gasteiger partial charge in [0.25, 0.3) is 0 Å². The second-order valence-electron chi connectivity index (χ2n) is 6.52. The molecule has 2 fully saturated rings. The summed E-state index contributed by atoms with van der Waals surface area (Å²) in [5.41, 5.74) is 1.50. The molecule has 1 aliphatic heterocycles. The van der Waals surface area contributed by atoms with Gasteiger partial charge in [0.05, 0.1) is 0 Å². The number of benzene rings is 1. The maximum Gasteiger partial charge on any atom is 0.0229 e. The summed E-state index contributed by atoms with van der Waals surface area (Å²) in [6.07, 6.45) is 2.63. The van der Waals surface area contributed by atoms with E-state index in [1.807, 2.05) is 0 Å². The SMILES string of the molecule is CN(C)[C@H]1CCN(CCN[C@H]2CC2c2ccccc2)C1. The lowest BCUT2D eigenvalue weighted by Gasteiger charge is -2.20. The van der Waals surface area contributed by atoms with E-state index in [2.05, 4.69) is 59.5 Å². The maximum atomic E-state index is 3.72. The fraction of sp³-hybridized carbons (Fsp3) is 0.647. The number of hydrogen-bond donors (Lipinski definition) is 1. The molecule has 2 aliphatic rings. The number of rotatable bonds is 6. The highest BCUT2D eigenvalue weighted by Gasteiger charge is 2.37. The van der Waals surface area contributed by atoms with Gasteiger partial charge in [-0.3, -0.25) is 0 Å². The van der Waals surface area contributed by atoms with Gasteiger partial charge in [-0.1, -0.05) is 30.3 Å². The molecule has 3 rings (SSSR count). The first kappa shape index (κ1) is 14.1. The molecular formula is C17H27N3. The van der Waals surface area contributed by atoms with Gasteiger partial charge < -0.3 is 15.1 Å². The summed E-state index contributed by atoms with van der Waals surface area (Å²) < 4.78 is 0. The van der Waals surface area contributed by atoms with E-state index in [-0.39, 0.29) is 0 Å². The Hall–Kier alpha value is -0.900. The molecule has 1 saturated carbocycles. The molecule has 0 amide bonds. The molecule has 1 saturated heterocycles. The van der Waals surface area contributed by atoms with Gasteiger partial charge >= 0.3 is 0 Å². The van der Waals surface area contributed by atoms with Crippen molar-refractivity contribution in [3.05, 3.63) is 35.9 Å². The van der Waals surface area contributed by atoms with Gasteiger partial charge in [-0.05, 0) is 39.0 Å². The minimum Gasteiger partial charge on any atom is -0.312 e. The third-order valence-electron chi connectivity index (χ3n) is 4.83. The predicted molar refractivity (Wildman–Crippen MR) is 84.1 cm³/mol. The Morgan fingerprint density at radius 3 is 2.75 bits per heavy atom. The van der Waals surface area contributed by atoms with Crippen molar-refractivity contribution in [1.82, 2.24) is 15.1 Å². The van der Waals surface area contributed by atoms with Crippen molar-refractivity contribution in [1.29, 1.82) is 0 Å². The highest BCUT2D eigenvalue weighted by Crippen LogP contribution is 2.40. The van der Waals surface area contributed by atoms with E-state index in [1.54, 1.807) is 0 Å². The molecule has 0 radical (unpaired) electrons. The van der Waals surface area contributed by atoms with E-state index >= 15 is 0 Å². The summed E-state index contributed by atoms with van der Waals surface area (Å²) in [7, 11) is 4.39. The van der Waals surface area contributed by atoms with Gasteiger partial charge in [0.2, 0.25) is 0 Å². The smallest absolute Gasteiger partial charge is 0.0229 e. The minimum atomic E-state index is 0.713. The number of likely N-dealkylation sites (N-methyl/N-ethyl adjacent to an activating group) is 1. The Morgan fingerprint density at radius 1 is 1.25 bits per heavy atom. The first-order chi connectivity index (χ1) is 9.74. The molecule has 1 heterocycles. The predicted octanol–water partition coefficient (Wildman–Crippen LogP) is 1.77. The van der Waals surface area contributed by atoms with Crippen molar-refractivity contribution in [2.45, 2.75) is 30.8 Å². The molecular weight excluding hydrogens is 246 g/mol. The Balaban J connectivity index is 1.34. The first-order valence-corrected chi connectivity index (χ1v) is 7.91. The Morgan fingerprint density at radius 2 is 2.05 bits per heavy atom. The largest absolute Gasteiger partial charge is 0.312 e. The molecule has 110 valence electrons. The van der Waals surface area contributed by atoms with Crippen LogP contribution in [0.15, 0.2) is 30.3 Å². The van der Waals surface area contributed by atoms with Crippen LogP contribution in [0, 0.1) is 0 Å². The number of nitrogens with zero attached hydrogens (tertiary/aromatic N) is 2. The number of nitrogens with one attached hydrogen (secondary N) is 1. The lowest BCUT2D eigenvalue weighted by molar-refractivity contribution is 0.268. The van der Waals surface area contributed by atoms with Crippen LogP contribution in [0.5, 0.6) is 0 Å². The van der Waals surface area contributed by atoms with Crippen LogP contribution in [0.3, 0.4) is 0 Å². The monoisotopic (exact) mass is 273 g/mol. The lowest BCUT2D eigenvalue weighted by Crippen LogP contribution is -2.35. The topological polar surface area (TPSA) is 18.5 Å². The van der Waals surface area contributed by atoms with Crippen molar-refractivity contribution in [3.8, 4) is 0 Å². The van der Waals surface area contributed by atoms with Crippen LogP contribution in [0.25, 0.3) is 0 Å². The van der Waals surface area contributed by atoms with Crippen LogP contribution in [0.4, 0.5) is 0 Å². The minimum absolute atomic E-state index is 0.713. The fourth-order valence-corrected chi connectivity index (χ4v) is 3.33. The van der Waals surface area contributed by atoms with Crippen LogP contribution in [-0.2, 0) is 0 Å². The zero-order chi connectivity index (χ0) is 13.9. The number of likely N-dealkylation sites (tertiary alicyclic amines) is 1. The molecule has 1 unspecified atom stereocenters. The van der Waals surface area contributed by atoms with Crippen molar-refractivity contribution in [3.63, 3.8) is 0 Å². The zero-order valence-corrected chi connectivity index (χ0v) is 12.8. The van der Waals surface area contributed by atoms with Gasteiger partial charge in [-0.2, -0.15) is 0 Å². The summed E-state index contributed by atoms with van der Waals surface area (Å²) in [4.78, 5) is 4.96. The van der Waals surface area contributed by atoms with Crippen LogP contribution in [0.1, 0.15) is 24.3 Å². The molecule has 20 heavy (non-hydrogen) atoms. The molecule has 3 nitrogen and oxygen atoms in total. The molecule has 0 bridgehead atoms. The van der Waals surface area contributed by atoms with E-state index in [1.165, 1.54) is 38.0 Å². The average molecular weight is 273 g/mol. The van der Waals surface area contributed by atoms with E-state index < -0.39 is 0 Å². The standard InChI is InChI=1S/C17H27N3/c1-19(2)15-8-10-20(13-15)11-9-18-17-12-16(17)14-6-4-3-5-7-14/h3-7,15-18H,8-13H2,1-2H3/t15-,16?,17-/m0/s1.